The standard InChI is InChI=1S/C25H26NOP/c1-19(2)23-18-27-25(3,26-23)22-16-10-11-17-24(22)28(20-12-6-4-7-13-20)21-14-8-5-9-15-21/h4-17,19H,18H2,1-3H3/t25-/m0/s1. The van der Waals surface area contributed by atoms with Crippen molar-refractivity contribution in [2.75, 3.05) is 6.61 Å². The van der Waals surface area contributed by atoms with Gasteiger partial charge in [-0.05, 0) is 36.7 Å². The van der Waals surface area contributed by atoms with Gasteiger partial charge in [-0.25, -0.2) is 0 Å². The molecule has 3 heteroatoms. The van der Waals surface area contributed by atoms with E-state index in [-0.39, 0.29) is 0 Å². The van der Waals surface area contributed by atoms with Gasteiger partial charge >= 0.3 is 0 Å². The van der Waals surface area contributed by atoms with Gasteiger partial charge in [-0.3, -0.25) is 4.99 Å². The summed E-state index contributed by atoms with van der Waals surface area (Å²) in [4.78, 5) is 5.02. The van der Waals surface area contributed by atoms with Gasteiger partial charge in [-0.15, -0.1) is 0 Å². The molecule has 0 bridgehead atoms. The van der Waals surface area contributed by atoms with Crippen molar-refractivity contribution >= 4 is 29.5 Å². The molecule has 1 aliphatic rings. The minimum absolute atomic E-state index is 0.402. The monoisotopic (exact) mass is 387 g/mol. The summed E-state index contributed by atoms with van der Waals surface area (Å²) in [6, 6.07) is 30.2. The second-order valence-electron chi connectivity index (χ2n) is 7.55. The molecular weight excluding hydrogens is 361 g/mol. The van der Waals surface area contributed by atoms with Crippen LogP contribution in [-0.2, 0) is 10.5 Å². The Kier molecular flexibility index (Phi) is 5.44. The number of ether oxygens (including phenoxy) is 1. The lowest BCUT2D eigenvalue weighted by molar-refractivity contribution is 0.0131. The zero-order valence-corrected chi connectivity index (χ0v) is 17.6. The molecule has 28 heavy (non-hydrogen) atoms. The highest BCUT2D eigenvalue weighted by atomic mass is 31.1. The first-order valence-corrected chi connectivity index (χ1v) is 11.1. The number of nitrogens with zero attached hydrogens (tertiary/aromatic N) is 1. The molecule has 0 spiro atoms. The maximum absolute atomic E-state index is 6.27. The van der Waals surface area contributed by atoms with E-state index in [0.717, 1.165) is 5.71 Å². The summed E-state index contributed by atoms with van der Waals surface area (Å²) in [5.74, 6) is 0.402. The molecule has 1 aliphatic heterocycles. The van der Waals surface area contributed by atoms with Gasteiger partial charge in [0.2, 0.25) is 0 Å². The number of hydrogen-bond acceptors (Lipinski definition) is 2. The van der Waals surface area contributed by atoms with Gasteiger partial charge in [0.05, 0.1) is 6.61 Å². The van der Waals surface area contributed by atoms with E-state index >= 15 is 0 Å². The highest BCUT2D eigenvalue weighted by molar-refractivity contribution is 7.79. The first-order valence-electron chi connectivity index (χ1n) is 9.81. The van der Waals surface area contributed by atoms with E-state index < -0.39 is 13.6 Å². The Morgan fingerprint density at radius 1 is 0.821 bits per heavy atom. The zero-order valence-electron chi connectivity index (χ0n) is 16.7. The van der Waals surface area contributed by atoms with Gasteiger partial charge in [-0.1, -0.05) is 98.8 Å². The van der Waals surface area contributed by atoms with Gasteiger partial charge < -0.3 is 4.74 Å². The molecule has 2 nitrogen and oxygen atoms in total. The van der Waals surface area contributed by atoms with Crippen LogP contribution in [0.4, 0.5) is 0 Å². The summed E-state index contributed by atoms with van der Waals surface area (Å²) >= 11 is 0. The lowest BCUT2D eigenvalue weighted by atomic mass is 10.1. The Hall–Kier alpha value is -2.28. The van der Waals surface area contributed by atoms with E-state index in [1.54, 1.807) is 0 Å². The topological polar surface area (TPSA) is 21.6 Å². The maximum atomic E-state index is 6.27. The van der Waals surface area contributed by atoms with Crippen LogP contribution in [0.15, 0.2) is 89.9 Å². The van der Waals surface area contributed by atoms with Crippen LogP contribution in [0.25, 0.3) is 0 Å². The molecule has 0 saturated carbocycles. The SMILES string of the molecule is CC(C)C1=N[C@](C)(c2ccccc2P(c2ccccc2)c2ccccc2)OC1. The summed E-state index contributed by atoms with van der Waals surface area (Å²) in [6.07, 6.45) is 0. The van der Waals surface area contributed by atoms with Crippen molar-refractivity contribution in [1.82, 2.24) is 0 Å². The van der Waals surface area contributed by atoms with Crippen molar-refractivity contribution in [2.24, 2.45) is 10.9 Å². The van der Waals surface area contributed by atoms with Gasteiger partial charge in [0.25, 0.3) is 0 Å². The Morgan fingerprint density at radius 3 is 1.89 bits per heavy atom. The van der Waals surface area contributed by atoms with Crippen molar-refractivity contribution in [1.29, 1.82) is 0 Å². The molecule has 0 aliphatic carbocycles. The van der Waals surface area contributed by atoms with Crippen molar-refractivity contribution in [3.8, 4) is 0 Å². The van der Waals surface area contributed by atoms with Gasteiger partial charge in [0.1, 0.15) is 0 Å². The first-order chi connectivity index (χ1) is 13.6. The molecule has 142 valence electrons. The molecule has 0 radical (unpaired) electrons. The van der Waals surface area contributed by atoms with Crippen LogP contribution in [0.1, 0.15) is 26.3 Å². The van der Waals surface area contributed by atoms with Crippen molar-refractivity contribution in [3.05, 3.63) is 90.5 Å². The molecule has 0 N–H and O–H groups in total. The number of aliphatic imine (C=N–C) groups is 1. The van der Waals surface area contributed by atoms with E-state index in [2.05, 4.69) is 106 Å². The van der Waals surface area contributed by atoms with Crippen LogP contribution in [0.5, 0.6) is 0 Å². The average Bonchev–Trinajstić information content (AvgIpc) is 3.14. The molecule has 3 aromatic rings. The van der Waals surface area contributed by atoms with Crippen molar-refractivity contribution in [3.63, 3.8) is 0 Å². The van der Waals surface area contributed by atoms with Crippen LogP contribution >= 0.6 is 7.92 Å². The summed E-state index contributed by atoms with van der Waals surface area (Å²) in [5, 5.41) is 3.99. The molecule has 1 heterocycles. The van der Waals surface area contributed by atoms with Gasteiger partial charge in [0.15, 0.2) is 5.72 Å². The third-order valence-electron chi connectivity index (χ3n) is 5.20. The summed E-state index contributed by atoms with van der Waals surface area (Å²) < 4.78 is 6.27. The van der Waals surface area contributed by atoms with Crippen LogP contribution in [0, 0.1) is 5.92 Å². The normalized spacial score (nSPS) is 19.2. The van der Waals surface area contributed by atoms with Crippen LogP contribution in [-0.4, -0.2) is 12.3 Å². The fourth-order valence-corrected chi connectivity index (χ4v) is 6.18. The minimum Gasteiger partial charge on any atom is -0.344 e. The number of benzene rings is 3. The van der Waals surface area contributed by atoms with Crippen molar-refractivity contribution < 1.29 is 4.74 Å². The summed E-state index contributed by atoms with van der Waals surface area (Å²) in [5.41, 5.74) is 1.69. The van der Waals surface area contributed by atoms with Crippen molar-refractivity contribution in [2.45, 2.75) is 26.5 Å². The van der Waals surface area contributed by atoms with E-state index in [4.69, 9.17) is 9.73 Å². The Bertz CT molecular complexity index is 929. The van der Waals surface area contributed by atoms with E-state index in [1.807, 2.05) is 0 Å². The second kappa shape index (κ2) is 7.99. The smallest absolute Gasteiger partial charge is 0.183 e. The Morgan fingerprint density at radius 2 is 1.36 bits per heavy atom. The predicted octanol–water partition coefficient (Wildman–Crippen LogP) is 4.74. The lowest BCUT2D eigenvalue weighted by Gasteiger charge is -2.28. The highest BCUT2D eigenvalue weighted by Gasteiger charge is 2.37. The molecule has 0 fully saturated rings. The Balaban J connectivity index is 1.88. The molecule has 1 atom stereocenters. The van der Waals surface area contributed by atoms with E-state index in [9.17, 15) is 0 Å². The fourth-order valence-electron chi connectivity index (χ4n) is 3.63. The minimum atomic E-state index is -0.694. The first kappa shape index (κ1) is 19.1. The van der Waals surface area contributed by atoms with Crippen LogP contribution < -0.4 is 15.9 Å². The summed E-state index contributed by atoms with van der Waals surface area (Å²) in [7, 11) is -0.694. The molecule has 3 aromatic carbocycles. The molecule has 4 rings (SSSR count). The van der Waals surface area contributed by atoms with Gasteiger partial charge in [0, 0.05) is 11.3 Å². The summed E-state index contributed by atoms with van der Waals surface area (Å²) in [6.45, 7) is 7.07. The van der Waals surface area contributed by atoms with Crippen LogP contribution in [0.2, 0.25) is 0 Å². The quantitative estimate of drug-likeness (QED) is 0.579. The third kappa shape index (κ3) is 3.68. The molecule has 0 saturated heterocycles. The Labute approximate surface area is 169 Å². The molecular formula is C25H26NOP. The number of hydrogen-bond donors (Lipinski definition) is 0. The zero-order chi connectivity index (χ0) is 19.6. The fraction of sp³-hybridized carbons (Fsp3) is 0.240. The average molecular weight is 387 g/mol. The van der Waals surface area contributed by atoms with E-state index in [1.165, 1.54) is 21.5 Å². The third-order valence-corrected chi connectivity index (χ3v) is 7.70. The van der Waals surface area contributed by atoms with Crippen LogP contribution in [0.3, 0.4) is 0 Å². The predicted molar refractivity (Wildman–Crippen MR) is 121 cm³/mol. The maximum Gasteiger partial charge on any atom is 0.183 e. The largest absolute Gasteiger partial charge is 0.344 e. The van der Waals surface area contributed by atoms with E-state index in [0.29, 0.717) is 12.5 Å². The molecule has 0 unspecified atom stereocenters. The molecule has 0 amide bonds. The molecule has 0 aromatic heterocycles. The highest BCUT2D eigenvalue weighted by Crippen LogP contribution is 2.40. The lowest BCUT2D eigenvalue weighted by Crippen LogP contribution is -2.31. The second-order valence-corrected chi connectivity index (χ2v) is 9.74. The van der Waals surface area contributed by atoms with Gasteiger partial charge in [-0.2, -0.15) is 0 Å². The number of rotatable bonds is 5.